The second kappa shape index (κ2) is 7.29. The number of rotatable bonds is 4. The van der Waals surface area contributed by atoms with Crippen molar-refractivity contribution < 1.29 is 14.7 Å². The maximum Gasteiger partial charge on any atom is 0.246 e. The van der Waals surface area contributed by atoms with Gasteiger partial charge in [0.1, 0.15) is 6.04 Å². The third kappa shape index (κ3) is 2.91. The van der Waals surface area contributed by atoms with Gasteiger partial charge in [-0.2, -0.15) is 0 Å². The van der Waals surface area contributed by atoms with Crippen LogP contribution < -0.4 is 0 Å². The number of carbonyl (C=O) groups excluding carboxylic acids is 2. The highest BCUT2D eigenvalue weighted by Crippen LogP contribution is 2.42. The van der Waals surface area contributed by atoms with Gasteiger partial charge in [-0.15, -0.1) is 0 Å². The molecule has 5 rings (SSSR count). The van der Waals surface area contributed by atoms with E-state index in [1.807, 2.05) is 43.3 Å². The highest BCUT2D eigenvalue weighted by Gasteiger charge is 2.48. The number of hydrogen-bond acceptors (Lipinski definition) is 3. The summed E-state index contributed by atoms with van der Waals surface area (Å²) in [6, 6.07) is 15.4. The molecule has 1 fully saturated rings. The summed E-state index contributed by atoms with van der Waals surface area (Å²) < 4.78 is 0. The number of aromatic amines is 1. The summed E-state index contributed by atoms with van der Waals surface area (Å²) >= 11 is 0. The average Bonchev–Trinajstić information content (AvgIpc) is 3.12. The van der Waals surface area contributed by atoms with Crippen LogP contribution in [0.5, 0.6) is 0 Å². The number of hydrogen-bond donors (Lipinski definition) is 2. The third-order valence-electron chi connectivity index (χ3n) is 6.29. The lowest BCUT2D eigenvalue weighted by molar-refractivity contribution is -0.158. The van der Waals surface area contributed by atoms with Gasteiger partial charge in [0.15, 0.2) is 0 Å². The third-order valence-corrected chi connectivity index (χ3v) is 6.29. The number of aryl methyl sites for hydroxylation is 1. The number of H-pyrrole nitrogens is 1. The van der Waals surface area contributed by atoms with Crippen LogP contribution in [-0.4, -0.2) is 57.4 Å². The van der Waals surface area contributed by atoms with Gasteiger partial charge in [-0.05, 0) is 30.5 Å². The smallest absolute Gasteiger partial charge is 0.246 e. The van der Waals surface area contributed by atoms with Gasteiger partial charge in [0.05, 0.1) is 12.6 Å². The molecule has 0 saturated carbocycles. The van der Waals surface area contributed by atoms with E-state index in [9.17, 15) is 14.7 Å². The number of amides is 2. The standard InChI is InChI=1S/C24H25N3O3/c1-15-6-4-7-16(12-15)23-22-18(17-8-2-3-9-19(17)25-22)13-20-24(30)26(10-5-11-28)14-21(29)27(20)23/h2-4,6-9,12,20,23,25,28H,5,10-11,13-14H2,1H3/t20-,23?/m0/s1. The molecule has 154 valence electrons. The number of piperazine rings is 1. The van der Waals surface area contributed by atoms with E-state index < -0.39 is 6.04 Å². The van der Waals surface area contributed by atoms with E-state index in [0.717, 1.165) is 33.3 Å². The fraction of sp³-hybridized carbons (Fsp3) is 0.333. The number of nitrogens with zero attached hydrogens (tertiary/aromatic N) is 2. The Morgan fingerprint density at radius 2 is 1.97 bits per heavy atom. The molecular weight excluding hydrogens is 378 g/mol. The Morgan fingerprint density at radius 1 is 1.13 bits per heavy atom. The molecule has 2 aliphatic heterocycles. The minimum Gasteiger partial charge on any atom is -0.396 e. The summed E-state index contributed by atoms with van der Waals surface area (Å²) in [6.45, 7) is 2.51. The molecule has 3 aromatic rings. The van der Waals surface area contributed by atoms with Gasteiger partial charge in [0, 0.05) is 36.2 Å². The lowest BCUT2D eigenvalue weighted by Crippen LogP contribution is -2.63. The summed E-state index contributed by atoms with van der Waals surface area (Å²) in [7, 11) is 0. The van der Waals surface area contributed by atoms with Crippen molar-refractivity contribution in [3.05, 3.63) is 70.9 Å². The SMILES string of the molecule is Cc1cccc(C2c3[nH]c4ccccc4c3C[C@H]3C(=O)N(CCCO)CC(=O)N23)c1. The first kappa shape index (κ1) is 18.9. The van der Waals surface area contributed by atoms with E-state index in [4.69, 9.17) is 0 Å². The molecule has 0 radical (unpaired) electrons. The number of carbonyl (C=O) groups is 2. The van der Waals surface area contributed by atoms with Crippen LogP contribution in [0.25, 0.3) is 10.9 Å². The van der Waals surface area contributed by atoms with Gasteiger partial charge >= 0.3 is 0 Å². The molecule has 30 heavy (non-hydrogen) atoms. The molecule has 2 amide bonds. The van der Waals surface area contributed by atoms with Gasteiger partial charge in [-0.3, -0.25) is 9.59 Å². The molecular formula is C24H25N3O3. The molecule has 1 aromatic heterocycles. The summed E-state index contributed by atoms with van der Waals surface area (Å²) in [5.74, 6) is -0.0787. The first-order valence-corrected chi connectivity index (χ1v) is 10.5. The Morgan fingerprint density at radius 3 is 2.77 bits per heavy atom. The Hall–Kier alpha value is -3.12. The van der Waals surface area contributed by atoms with Gasteiger partial charge in [0.25, 0.3) is 0 Å². The maximum absolute atomic E-state index is 13.4. The number of para-hydroxylation sites is 1. The molecule has 6 heteroatoms. The molecule has 6 nitrogen and oxygen atoms in total. The Labute approximate surface area is 175 Å². The highest BCUT2D eigenvalue weighted by atomic mass is 16.3. The summed E-state index contributed by atoms with van der Waals surface area (Å²) in [5.41, 5.74) is 5.27. The van der Waals surface area contributed by atoms with E-state index in [0.29, 0.717) is 19.4 Å². The van der Waals surface area contributed by atoms with Crippen LogP contribution in [0, 0.1) is 6.92 Å². The topological polar surface area (TPSA) is 76.6 Å². The second-order valence-corrected chi connectivity index (χ2v) is 8.24. The zero-order valence-corrected chi connectivity index (χ0v) is 17.0. The molecule has 3 heterocycles. The van der Waals surface area contributed by atoms with Crippen LogP contribution in [0.3, 0.4) is 0 Å². The molecule has 0 bridgehead atoms. The van der Waals surface area contributed by atoms with Gasteiger partial charge < -0.3 is 19.9 Å². The van der Waals surface area contributed by atoms with Crippen molar-refractivity contribution in [2.45, 2.75) is 31.8 Å². The van der Waals surface area contributed by atoms with Gasteiger partial charge in [0.2, 0.25) is 11.8 Å². The summed E-state index contributed by atoms with van der Waals surface area (Å²) in [5, 5.41) is 10.3. The zero-order valence-electron chi connectivity index (χ0n) is 17.0. The van der Waals surface area contributed by atoms with E-state index in [1.165, 1.54) is 0 Å². The molecule has 2 atom stereocenters. The Balaban J connectivity index is 1.67. The van der Waals surface area contributed by atoms with Crippen LogP contribution in [0.1, 0.15) is 34.8 Å². The predicted octanol–water partition coefficient (Wildman–Crippen LogP) is 2.54. The number of fused-ring (bicyclic) bond motifs is 4. The fourth-order valence-electron chi connectivity index (χ4n) is 4.96. The van der Waals surface area contributed by atoms with Gasteiger partial charge in [-0.1, -0.05) is 48.0 Å². The molecule has 2 aromatic carbocycles. The van der Waals surface area contributed by atoms with E-state index >= 15 is 0 Å². The number of nitrogens with one attached hydrogen (secondary N) is 1. The summed E-state index contributed by atoms with van der Waals surface area (Å²) in [4.78, 5) is 33.6. The van der Waals surface area contributed by atoms with Crippen LogP contribution in [0.4, 0.5) is 0 Å². The van der Waals surface area contributed by atoms with Crippen molar-refractivity contribution in [1.29, 1.82) is 0 Å². The van der Waals surface area contributed by atoms with Crippen LogP contribution in [-0.2, 0) is 16.0 Å². The zero-order chi connectivity index (χ0) is 20.8. The van der Waals surface area contributed by atoms with Crippen LogP contribution >= 0.6 is 0 Å². The van der Waals surface area contributed by atoms with Crippen LogP contribution in [0.2, 0.25) is 0 Å². The average molecular weight is 403 g/mol. The van der Waals surface area contributed by atoms with E-state index in [2.05, 4.69) is 17.1 Å². The van der Waals surface area contributed by atoms with Crippen molar-refractivity contribution in [1.82, 2.24) is 14.8 Å². The lowest BCUT2D eigenvalue weighted by Gasteiger charge is -2.47. The van der Waals surface area contributed by atoms with Crippen molar-refractivity contribution in [2.24, 2.45) is 0 Å². The second-order valence-electron chi connectivity index (χ2n) is 8.24. The van der Waals surface area contributed by atoms with E-state index in [-0.39, 0.29) is 31.0 Å². The number of aliphatic hydroxyl groups is 1. The maximum atomic E-state index is 13.4. The monoisotopic (exact) mass is 403 g/mol. The number of aliphatic hydroxyl groups excluding tert-OH is 1. The first-order chi connectivity index (χ1) is 14.6. The van der Waals surface area contributed by atoms with E-state index in [1.54, 1.807) is 9.80 Å². The van der Waals surface area contributed by atoms with Crippen molar-refractivity contribution in [3.8, 4) is 0 Å². The Kier molecular flexibility index (Phi) is 4.59. The molecule has 0 spiro atoms. The number of benzene rings is 2. The minimum atomic E-state index is -0.526. The molecule has 0 aliphatic carbocycles. The predicted molar refractivity (Wildman–Crippen MR) is 114 cm³/mol. The minimum absolute atomic E-state index is 0.00483. The fourth-order valence-corrected chi connectivity index (χ4v) is 4.96. The van der Waals surface area contributed by atoms with Crippen molar-refractivity contribution in [3.63, 3.8) is 0 Å². The molecule has 2 aliphatic rings. The largest absolute Gasteiger partial charge is 0.396 e. The van der Waals surface area contributed by atoms with Crippen molar-refractivity contribution >= 4 is 22.7 Å². The van der Waals surface area contributed by atoms with Gasteiger partial charge in [-0.25, -0.2) is 0 Å². The number of aromatic nitrogens is 1. The van der Waals surface area contributed by atoms with Crippen molar-refractivity contribution in [2.75, 3.05) is 19.7 Å². The Bertz CT molecular complexity index is 1140. The molecule has 1 unspecified atom stereocenters. The lowest BCUT2D eigenvalue weighted by atomic mass is 9.86. The summed E-state index contributed by atoms with van der Waals surface area (Å²) in [6.07, 6.45) is 0.979. The molecule has 1 saturated heterocycles. The normalized spacial score (nSPS) is 21.1. The quantitative estimate of drug-likeness (QED) is 0.703. The highest BCUT2D eigenvalue weighted by molar-refractivity contribution is 5.97. The molecule has 2 N–H and O–H groups in total. The van der Waals surface area contributed by atoms with Crippen LogP contribution in [0.15, 0.2) is 48.5 Å². The first-order valence-electron chi connectivity index (χ1n) is 10.5.